The molecular weight excluding hydrogens is 301 g/mol. The van der Waals surface area contributed by atoms with Crippen LogP contribution in [0.15, 0.2) is 54.6 Å². The summed E-state index contributed by atoms with van der Waals surface area (Å²) in [5.41, 5.74) is 2.11. The van der Waals surface area contributed by atoms with Gasteiger partial charge < -0.3 is 10.1 Å². The van der Waals surface area contributed by atoms with Gasteiger partial charge in [0.05, 0.1) is 6.10 Å². The van der Waals surface area contributed by atoms with Gasteiger partial charge in [-0.05, 0) is 49.2 Å². The molecule has 4 heteroatoms. The second-order valence-electron chi connectivity index (χ2n) is 5.43. The van der Waals surface area contributed by atoms with E-state index in [0.29, 0.717) is 0 Å². The van der Waals surface area contributed by atoms with Gasteiger partial charge in [0.15, 0.2) is 0 Å². The van der Waals surface area contributed by atoms with Crippen LogP contribution in [0.5, 0.6) is 0 Å². The van der Waals surface area contributed by atoms with Crippen molar-refractivity contribution < 1.29 is 9.13 Å². The average Bonchev–Trinajstić information content (AvgIpc) is 2.55. The van der Waals surface area contributed by atoms with Gasteiger partial charge in [0, 0.05) is 0 Å². The molecule has 2 nitrogen and oxygen atoms in total. The Morgan fingerprint density at radius 1 is 0.909 bits per heavy atom. The highest BCUT2D eigenvalue weighted by Crippen LogP contribution is 2.29. The molecule has 0 spiro atoms. The summed E-state index contributed by atoms with van der Waals surface area (Å²) in [6, 6.07) is 16.8. The van der Waals surface area contributed by atoms with Crippen molar-refractivity contribution in [1.29, 1.82) is 0 Å². The van der Waals surface area contributed by atoms with Crippen LogP contribution in [0.3, 0.4) is 0 Å². The van der Waals surface area contributed by atoms with E-state index in [2.05, 4.69) is 17.4 Å². The highest BCUT2D eigenvalue weighted by atomic mass is 35.5. The van der Waals surface area contributed by atoms with Crippen LogP contribution >= 0.6 is 12.4 Å². The number of hydrogen-bond acceptors (Lipinski definition) is 2. The smallest absolute Gasteiger partial charge is 0.123 e. The van der Waals surface area contributed by atoms with Crippen LogP contribution in [0.25, 0.3) is 0 Å². The molecule has 0 aromatic heterocycles. The lowest BCUT2D eigenvalue weighted by Gasteiger charge is -2.28. The first kappa shape index (κ1) is 16.9. The van der Waals surface area contributed by atoms with Crippen LogP contribution in [0.2, 0.25) is 0 Å². The van der Waals surface area contributed by atoms with E-state index in [-0.39, 0.29) is 30.4 Å². The lowest BCUT2D eigenvalue weighted by Crippen LogP contribution is -2.33. The standard InChI is InChI=1S/C18H20FNO.ClH/c19-16-8-6-15(7-9-16)18(14-4-2-1-3-5-14)21-17-10-12-20-13-11-17;/h1-9,17-18,20H,10-13H2;1H. The Bertz CT molecular complexity index is 555. The van der Waals surface area contributed by atoms with Gasteiger partial charge >= 0.3 is 0 Å². The van der Waals surface area contributed by atoms with Gasteiger partial charge in [0.2, 0.25) is 0 Å². The minimum absolute atomic E-state index is 0. The first-order chi connectivity index (χ1) is 10.3. The van der Waals surface area contributed by atoms with Gasteiger partial charge in [-0.25, -0.2) is 4.39 Å². The van der Waals surface area contributed by atoms with Crippen molar-refractivity contribution in [3.63, 3.8) is 0 Å². The molecule has 0 radical (unpaired) electrons. The Morgan fingerprint density at radius 3 is 2.14 bits per heavy atom. The van der Waals surface area contributed by atoms with Crippen LogP contribution in [-0.2, 0) is 4.74 Å². The summed E-state index contributed by atoms with van der Waals surface area (Å²) in [7, 11) is 0. The fourth-order valence-corrected chi connectivity index (χ4v) is 2.74. The lowest BCUT2D eigenvalue weighted by molar-refractivity contribution is -0.00807. The molecule has 1 saturated heterocycles. The van der Waals surface area contributed by atoms with Crippen LogP contribution in [0.1, 0.15) is 30.1 Å². The van der Waals surface area contributed by atoms with Crippen LogP contribution < -0.4 is 5.32 Å². The third kappa shape index (κ3) is 4.29. The normalized spacial score (nSPS) is 16.8. The molecule has 0 aliphatic carbocycles. The summed E-state index contributed by atoms with van der Waals surface area (Å²) >= 11 is 0. The zero-order valence-electron chi connectivity index (χ0n) is 12.4. The molecule has 1 unspecified atom stereocenters. The van der Waals surface area contributed by atoms with Gasteiger partial charge in [-0.15, -0.1) is 12.4 Å². The van der Waals surface area contributed by atoms with E-state index in [1.807, 2.05) is 30.3 Å². The summed E-state index contributed by atoms with van der Waals surface area (Å²) in [6.07, 6.45) is 2.16. The number of piperidine rings is 1. The Hall–Kier alpha value is -1.42. The molecule has 2 aromatic rings. The second kappa shape index (κ2) is 8.28. The minimum atomic E-state index is -0.215. The van der Waals surface area contributed by atoms with Gasteiger partial charge in [-0.2, -0.15) is 0 Å². The van der Waals surface area contributed by atoms with Crippen molar-refractivity contribution in [2.24, 2.45) is 0 Å². The van der Waals surface area contributed by atoms with Gasteiger partial charge in [-0.1, -0.05) is 42.5 Å². The molecule has 1 N–H and O–H groups in total. The zero-order chi connectivity index (χ0) is 14.5. The maximum atomic E-state index is 13.2. The number of benzene rings is 2. The molecule has 22 heavy (non-hydrogen) atoms. The quantitative estimate of drug-likeness (QED) is 0.915. The molecule has 3 rings (SSSR count). The van der Waals surface area contributed by atoms with Crippen molar-refractivity contribution >= 4 is 12.4 Å². The molecule has 0 saturated carbocycles. The molecule has 118 valence electrons. The summed E-state index contributed by atoms with van der Waals surface area (Å²) in [6.45, 7) is 1.99. The third-order valence-electron chi connectivity index (χ3n) is 3.89. The molecule has 0 amide bonds. The van der Waals surface area contributed by atoms with Crippen LogP contribution in [0, 0.1) is 5.82 Å². The highest BCUT2D eigenvalue weighted by Gasteiger charge is 2.21. The maximum absolute atomic E-state index is 13.2. The third-order valence-corrected chi connectivity index (χ3v) is 3.89. The number of nitrogens with one attached hydrogen (secondary N) is 1. The molecule has 1 aliphatic rings. The Labute approximate surface area is 137 Å². The fraction of sp³-hybridized carbons (Fsp3) is 0.333. The SMILES string of the molecule is Cl.Fc1ccc(C(OC2CCNCC2)c2ccccc2)cc1. The van der Waals surface area contributed by atoms with Gasteiger partial charge in [0.25, 0.3) is 0 Å². The van der Waals surface area contributed by atoms with E-state index in [9.17, 15) is 4.39 Å². The first-order valence-electron chi connectivity index (χ1n) is 7.49. The molecular formula is C18H21ClFNO. The predicted molar refractivity (Wildman–Crippen MR) is 88.9 cm³/mol. The average molecular weight is 322 g/mol. The number of rotatable bonds is 4. The lowest BCUT2D eigenvalue weighted by atomic mass is 10.00. The predicted octanol–water partition coefficient (Wildman–Crippen LogP) is 4.11. The fourth-order valence-electron chi connectivity index (χ4n) is 2.74. The van der Waals surface area contributed by atoms with E-state index in [1.54, 1.807) is 0 Å². The maximum Gasteiger partial charge on any atom is 0.123 e. The first-order valence-corrected chi connectivity index (χ1v) is 7.49. The van der Waals surface area contributed by atoms with E-state index < -0.39 is 0 Å². The van der Waals surface area contributed by atoms with E-state index in [4.69, 9.17) is 4.74 Å². The largest absolute Gasteiger partial charge is 0.365 e. The number of hydrogen-bond donors (Lipinski definition) is 1. The summed E-state index contributed by atoms with van der Waals surface area (Å²) in [4.78, 5) is 0. The Kier molecular flexibility index (Phi) is 6.37. The Morgan fingerprint density at radius 2 is 1.50 bits per heavy atom. The molecule has 1 atom stereocenters. The molecule has 1 fully saturated rings. The molecule has 2 aromatic carbocycles. The van der Waals surface area contributed by atoms with Crippen molar-refractivity contribution in [2.45, 2.75) is 25.0 Å². The summed E-state index contributed by atoms with van der Waals surface area (Å²) < 4.78 is 19.5. The van der Waals surface area contributed by atoms with Crippen LogP contribution in [-0.4, -0.2) is 19.2 Å². The van der Waals surface area contributed by atoms with Crippen molar-refractivity contribution in [3.05, 3.63) is 71.5 Å². The van der Waals surface area contributed by atoms with Crippen molar-refractivity contribution in [2.75, 3.05) is 13.1 Å². The molecule has 1 aliphatic heterocycles. The zero-order valence-corrected chi connectivity index (χ0v) is 13.2. The summed E-state index contributed by atoms with van der Waals surface area (Å²) in [5, 5.41) is 3.35. The van der Waals surface area contributed by atoms with E-state index in [1.165, 1.54) is 12.1 Å². The molecule has 1 heterocycles. The second-order valence-corrected chi connectivity index (χ2v) is 5.43. The van der Waals surface area contributed by atoms with E-state index >= 15 is 0 Å². The molecule has 0 bridgehead atoms. The topological polar surface area (TPSA) is 21.3 Å². The Balaban J connectivity index is 0.00000176. The van der Waals surface area contributed by atoms with Crippen molar-refractivity contribution in [1.82, 2.24) is 5.32 Å². The van der Waals surface area contributed by atoms with Crippen molar-refractivity contribution in [3.8, 4) is 0 Å². The summed E-state index contributed by atoms with van der Waals surface area (Å²) in [5.74, 6) is -0.215. The van der Waals surface area contributed by atoms with Gasteiger partial charge in [0.1, 0.15) is 11.9 Å². The van der Waals surface area contributed by atoms with E-state index in [0.717, 1.165) is 37.1 Å². The van der Waals surface area contributed by atoms with Crippen LogP contribution in [0.4, 0.5) is 4.39 Å². The highest BCUT2D eigenvalue weighted by molar-refractivity contribution is 5.85. The van der Waals surface area contributed by atoms with Gasteiger partial charge in [-0.3, -0.25) is 0 Å². The monoisotopic (exact) mass is 321 g/mol. The number of ether oxygens (including phenoxy) is 1. The minimum Gasteiger partial charge on any atom is -0.365 e. The number of halogens is 2.